The number of para-hydroxylation sites is 1. The summed E-state index contributed by atoms with van der Waals surface area (Å²) in [5, 5.41) is 14.5. The van der Waals surface area contributed by atoms with E-state index in [0.29, 0.717) is 10.9 Å². The molecular formula is C20H16FN3O3. The monoisotopic (exact) mass is 365 g/mol. The fraction of sp³-hybridized carbons (Fsp3) is 0.0500. The van der Waals surface area contributed by atoms with Gasteiger partial charge in [-0.1, -0.05) is 36.4 Å². The minimum atomic E-state index is -0.895. The van der Waals surface area contributed by atoms with E-state index in [4.69, 9.17) is 0 Å². The Labute approximate surface area is 153 Å². The zero-order valence-electron chi connectivity index (χ0n) is 14.2. The van der Waals surface area contributed by atoms with Crippen molar-refractivity contribution in [3.8, 4) is 5.75 Å². The van der Waals surface area contributed by atoms with Gasteiger partial charge in [-0.3, -0.25) is 9.59 Å². The number of pyridine rings is 1. The summed E-state index contributed by atoms with van der Waals surface area (Å²) in [6.07, 6.45) is 2.64. The van der Waals surface area contributed by atoms with Gasteiger partial charge < -0.3 is 9.67 Å². The van der Waals surface area contributed by atoms with Crippen LogP contribution in [0.5, 0.6) is 5.75 Å². The largest absolute Gasteiger partial charge is 0.506 e. The molecule has 0 bridgehead atoms. The summed E-state index contributed by atoms with van der Waals surface area (Å²) in [5.74, 6) is -1.83. The Kier molecular flexibility index (Phi) is 5.12. The number of allylic oxidation sites excluding steroid dienone is 1. The number of hydrazone groups is 1. The van der Waals surface area contributed by atoms with Gasteiger partial charge in [0.25, 0.3) is 11.5 Å². The predicted octanol–water partition coefficient (Wildman–Crippen LogP) is 2.80. The molecule has 1 aromatic heterocycles. The molecule has 0 saturated heterocycles. The van der Waals surface area contributed by atoms with Gasteiger partial charge in [-0.15, -0.1) is 6.58 Å². The van der Waals surface area contributed by atoms with Gasteiger partial charge in [-0.05, 0) is 18.2 Å². The third-order valence-corrected chi connectivity index (χ3v) is 3.96. The van der Waals surface area contributed by atoms with E-state index in [1.54, 1.807) is 30.3 Å². The molecule has 0 spiro atoms. The molecule has 0 unspecified atom stereocenters. The lowest BCUT2D eigenvalue weighted by molar-refractivity contribution is 0.0950. The van der Waals surface area contributed by atoms with E-state index in [1.165, 1.54) is 28.8 Å². The van der Waals surface area contributed by atoms with Crippen LogP contribution < -0.4 is 11.0 Å². The highest BCUT2D eigenvalue weighted by atomic mass is 19.1. The number of amides is 1. The first kappa shape index (κ1) is 18.1. The van der Waals surface area contributed by atoms with Crippen LogP contribution >= 0.6 is 0 Å². The van der Waals surface area contributed by atoms with Gasteiger partial charge in [-0.2, -0.15) is 5.10 Å². The van der Waals surface area contributed by atoms with Crippen LogP contribution in [-0.2, 0) is 6.54 Å². The average Bonchev–Trinajstić information content (AvgIpc) is 2.67. The molecule has 6 nitrogen and oxygen atoms in total. The molecule has 7 heteroatoms. The summed E-state index contributed by atoms with van der Waals surface area (Å²) in [6, 6.07) is 12.6. The Morgan fingerprint density at radius 3 is 2.67 bits per heavy atom. The molecule has 2 aromatic carbocycles. The maximum Gasteiger partial charge on any atom is 0.280 e. The molecule has 3 aromatic rings. The van der Waals surface area contributed by atoms with Crippen molar-refractivity contribution in [2.75, 3.05) is 0 Å². The smallest absolute Gasteiger partial charge is 0.280 e. The SMILES string of the molecule is C=CCn1c(=O)c(C(=O)NN=Cc2ccccc2F)c(O)c2ccccc21. The van der Waals surface area contributed by atoms with Crippen LogP contribution in [0.2, 0.25) is 0 Å². The number of rotatable bonds is 5. The van der Waals surface area contributed by atoms with E-state index >= 15 is 0 Å². The molecule has 0 aliphatic heterocycles. The van der Waals surface area contributed by atoms with Gasteiger partial charge in [-0.25, -0.2) is 9.82 Å². The molecule has 0 aliphatic carbocycles. The predicted molar refractivity (Wildman–Crippen MR) is 102 cm³/mol. The molecule has 1 amide bonds. The van der Waals surface area contributed by atoms with Gasteiger partial charge in [0.05, 0.1) is 11.7 Å². The van der Waals surface area contributed by atoms with Crippen molar-refractivity contribution < 1.29 is 14.3 Å². The fourth-order valence-electron chi connectivity index (χ4n) is 2.70. The van der Waals surface area contributed by atoms with Gasteiger partial charge in [0.1, 0.15) is 17.1 Å². The van der Waals surface area contributed by atoms with E-state index in [-0.39, 0.29) is 12.1 Å². The van der Waals surface area contributed by atoms with Gasteiger partial charge >= 0.3 is 0 Å². The first-order valence-corrected chi connectivity index (χ1v) is 8.08. The van der Waals surface area contributed by atoms with Crippen molar-refractivity contribution in [2.24, 2.45) is 5.10 Å². The van der Waals surface area contributed by atoms with Crippen LogP contribution in [0, 0.1) is 5.82 Å². The van der Waals surface area contributed by atoms with E-state index < -0.39 is 28.6 Å². The molecule has 0 aliphatic rings. The van der Waals surface area contributed by atoms with Crippen molar-refractivity contribution in [3.05, 3.63) is 88.5 Å². The van der Waals surface area contributed by atoms with Gasteiger partial charge in [0, 0.05) is 17.5 Å². The summed E-state index contributed by atoms with van der Waals surface area (Å²) >= 11 is 0. The number of hydrogen-bond donors (Lipinski definition) is 2. The van der Waals surface area contributed by atoms with Crippen LogP contribution in [0.3, 0.4) is 0 Å². The summed E-state index contributed by atoms with van der Waals surface area (Å²) in [4.78, 5) is 25.1. The highest BCUT2D eigenvalue weighted by Gasteiger charge is 2.21. The summed E-state index contributed by atoms with van der Waals surface area (Å²) in [5.41, 5.74) is 1.68. The Hall–Kier alpha value is -3.74. The van der Waals surface area contributed by atoms with Crippen LogP contribution in [0.15, 0.2) is 71.1 Å². The van der Waals surface area contributed by atoms with Crippen molar-refractivity contribution in [1.82, 2.24) is 9.99 Å². The molecule has 0 saturated carbocycles. The third kappa shape index (κ3) is 3.48. The number of hydrogen-bond acceptors (Lipinski definition) is 4. The fourth-order valence-corrected chi connectivity index (χ4v) is 2.70. The average molecular weight is 365 g/mol. The number of carbonyl (C=O) groups is 1. The minimum Gasteiger partial charge on any atom is -0.506 e. The van der Waals surface area contributed by atoms with Gasteiger partial charge in [0.2, 0.25) is 0 Å². The Balaban J connectivity index is 2.01. The minimum absolute atomic E-state index is 0.165. The molecular weight excluding hydrogens is 349 g/mol. The lowest BCUT2D eigenvalue weighted by atomic mass is 10.1. The summed E-state index contributed by atoms with van der Waals surface area (Å²) in [6.45, 7) is 3.78. The number of aromatic nitrogens is 1. The first-order chi connectivity index (χ1) is 13.0. The van der Waals surface area contributed by atoms with Crippen molar-refractivity contribution in [1.29, 1.82) is 0 Å². The Bertz CT molecular complexity index is 1120. The standard InChI is InChI=1S/C20H16FN3O3/c1-2-11-24-16-10-6-4-8-14(16)18(25)17(20(24)27)19(26)23-22-12-13-7-3-5-9-15(13)21/h2-10,12,25H,1,11H2,(H,23,26). The topological polar surface area (TPSA) is 83.7 Å². The number of carbonyl (C=O) groups excluding carboxylic acids is 1. The molecule has 2 N–H and O–H groups in total. The Morgan fingerprint density at radius 2 is 1.93 bits per heavy atom. The van der Waals surface area contributed by atoms with E-state index in [1.807, 2.05) is 0 Å². The van der Waals surface area contributed by atoms with E-state index in [2.05, 4.69) is 17.1 Å². The quantitative estimate of drug-likeness (QED) is 0.414. The third-order valence-electron chi connectivity index (χ3n) is 3.96. The van der Waals surface area contributed by atoms with Gasteiger partial charge in [0.15, 0.2) is 0 Å². The molecule has 1 heterocycles. The number of benzene rings is 2. The molecule has 27 heavy (non-hydrogen) atoms. The van der Waals surface area contributed by atoms with E-state index in [0.717, 1.165) is 6.21 Å². The second-order valence-corrected chi connectivity index (χ2v) is 5.67. The second kappa shape index (κ2) is 7.65. The van der Waals surface area contributed by atoms with Crippen molar-refractivity contribution >= 4 is 23.0 Å². The molecule has 0 radical (unpaired) electrons. The van der Waals surface area contributed by atoms with Crippen molar-refractivity contribution in [2.45, 2.75) is 6.54 Å². The lowest BCUT2D eigenvalue weighted by Gasteiger charge is -2.12. The maximum atomic E-state index is 13.6. The summed E-state index contributed by atoms with van der Waals surface area (Å²) in [7, 11) is 0. The number of halogens is 1. The zero-order chi connectivity index (χ0) is 19.4. The van der Waals surface area contributed by atoms with Crippen LogP contribution in [-0.4, -0.2) is 21.8 Å². The zero-order valence-corrected chi connectivity index (χ0v) is 14.2. The molecule has 0 atom stereocenters. The second-order valence-electron chi connectivity index (χ2n) is 5.67. The number of nitrogens with one attached hydrogen (secondary N) is 1. The Morgan fingerprint density at radius 1 is 1.22 bits per heavy atom. The number of nitrogens with zero attached hydrogens (tertiary/aromatic N) is 2. The highest BCUT2D eigenvalue weighted by Crippen LogP contribution is 2.26. The van der Waals surface area contributed by atoms with Crippen LogP contribution in [0.25, 0.3) is 10.9 Å². The van der Waals surface area contributed by atoms with Crippen molar-refractivity contribution in [3.63, 3.8) is 0 Å². The normalized spacial score (nSPS) is 11.0. The first-order valence-electron chi connectivity index (χ1n) is 8.08. The summed E-state index contributed by atoms with van der Waals surface area (Å²) < 4.78 is 14.9. The lowest BCUT2D eigenvalue weighted by Crippen LogP contribution is -2.31. The molecule has 0 fully saturated rings. The van der Waals surface area contributed by atoms with Crippen LogP contribution in [0.1, 0.15) is 15.9 Å². The number of aromatic hydroxyl groups is 1. The number of fused-ring (bicyclic) bond motifs is 1. The highest BCUT2D eigenvalue weighted by molar-refractivity contribution is 6.02. The van der Waals surface area contributed by atoms with Crippen LogP contribution in [0.4, 0.5) is 4.39 Å². The molecule has 136 valence electrons. The maximum absolute atomic E-state index is 13.6. The van der Waals surface area contributed by atoms with E-state index in [9.17, 15) is 19.1 Å². The molecule has 3 rings (SSSR count).